The van der Waals surface area contributed by atoms with Gasteiger partial charge in [-0.25, -0.2) is 9.86 Å². The van der Waals surface area contributed by atoms with Gasteiger partial charge in [0.1, 0.15) is 12.1 Å². The van der Waals surface area contributed by atoms with Crippen LogP contribution in [0.25, 0.3) is 0 Å². The van der Waals surface area contributed by atoms with E-state index in [9.17, 15) is 24.4 Å². The van der Waals surface area contributed by atoms with Gasteiger partial charge in [-0.15, -0.1) is 0 Å². The maximum Gasteiger partial charge on any atom is 0.414 e. The number of carbonyl (C=O) groups excluding carboxylic acids is 4. The summed E-state index contributed by atoms with van der Waals surface area (Å²) in [6, 6.07) is -0.906. The van der Waals surface area contributed by atoms with E-state index in [0.29, 0.717) is 24.4 Å². The molecule has 0 saturated carbocycles. The second-order valence-electron chi connectivity index (χ2n) is 10.6. The molecule has 0 aromatic heterocycles. The number of alkyl carbamates (subject to hydrolysis) is 1. The predicted molar refractivity (Wildman–Crippen MR) is 137 cm³/mol. The molecule has 0 rings (SSSR count). The van der Waals surface area contributed by atoms with Gasteiger partial charge in [0.05, 0.1) is 19.1 Å². The summed E-state index contributed by atoms with van der Waals surface area (Å²) in [7, 11) is 1.48. The summed E-state index contributed by atoms with van der Waals surface area (Å²) in [6.07, 6.45) is 5.17. The molecule has 0 radical (unpaired) electrons. The number of carbonyl (C=O) groups is 4. The number of hydrogen-bond acceptors (Lipinski definition) is 7. The van der Waals surface area contributed by atoms with Gasteiger partial charge < -0.3 is 14.4 Å². The van der Waals surface area contributed by atoms with Gasteiger partial charge in [-0.3, -0.25) is 24.9 Å². The maximum absolute atomic E-state index is 13.7. The largest absolute Gasteiger partial charge is 0.444 e. The third-order valence-corrected chi connectivity index (χ3v) is 5.92. The Bertz CT molecular complexity index is 666. The zero-order valence-electron chi connectivity index (χ0n) is 23.4. The Kier molecular flexibility index (Phi) is 17.0. The van der Waals surface area contributed by atoms with Crippen molar-refractivity contribution in [3.63, 3.8) is 0 Å². The van der Waals surface area contributed by atoms with Crippen molar-refractivity contribution >= 4 is 24.3 Å². The molecule has 36 heavy (non-hydrogen) atoms. The van der Waals surface area contributed by atoms with Gasteiger partial charge in [-0.1, -0.05) is 66.7 Å². The van der Waals surface area contributed by atoms with Crippen molar-refractivity contribution in [1.82, 2.24) is 15.3 Å². The number of hydrogen-bond donors (Lipinski definition) is 2. The quantitative estimate of drug-likeness (QED) is 0.122. The van der Waals surface area contributed by atoms with E-state index in [4.69, 9.17) is 9.47 Å². The number of hydroxylamine groups is 2. The van der Waals surface area contributed by atoms with Crippen LogP contribution < -0.4 is 5.32 Å². The highest BCUT2D eigenvalue weighted by molar-refractivity contribution is 5.97. The minimum atomic E-state index is -0.906. The van der Waals surface area contributed by atoms with Crippen molar-refractivity contribution in [2.45, 2.75) is 105 Å². The number of nitrogens with zero attached hydrogens (tertiary/aromatic N) is 2. The molecule has 10 nitrogen and oxygen atoms in total. The number of nitrogens with one attached hydrogen (secondary N) is 1. The SMILES string of the molecule is CCCCCCCC(CN(O)C=O)C(=O)N(CCC(C)(C)C)C(CC)C(=O)NC(=O)OC(C)COC. The first-order valence-electron chi connectivity index (χ1n) is 13.1. The topological polar surface area (TPSA) is 125 Å². The van der Waals surface area contributed by atoms with Crippen LogP contribution in [0.15, 0.2) is 0 Å². The Morgan fingerprint density at radius 2 is 1.72 bits per heavy atom. The van der Waals surface area contributed by atoms with Crippen LogP contribution in [0.5, 0.6) is 0 Å². The lowest BCUT2D eigenvalue weighted by atomic mass is 9.91. The fraction of sp³-hybridized carbons (Fsp3) is 0.846. The number of amides is 4. The van der Waals surface area contributed by atoms with Gasteiger partial charge in [0.15, 0.2) is 0 Å². The molecule has 0 aromatic carbocycles. The lowest BCUT2D eigenvalue weighted by molar-refractivity contribution is -0.159. The number of rotatable bonds is 18. The van der Waals surface area contributed by atoms with Crippen LogP contribution in [0.3, 0.4) is 0 Å². The van der Waals surface area contributed by atoms with Gasteiger partial charge in [-0.2, -0.15) is 0 Å². The van der Waals surface area contributed by atoms with Crippen molar-refractivity contribution in [3.8, 4) is 0 Å². The average molecular weight is 516 g/mol. The molecule has 0 bridgehead atoms. The second-order valence-corrected chi connectivity index (χ2v) is 10.6. The molecule has 0 saturated heterocycles. The molecule has 0 aromatic rings. The molecule has 0 aliphatic carbocycles. The lowest BCUT2D eigenvalue weighted by Crippen LogP contribution is -2.54. The standard InChI is InChI=1S/C26H49N3O7/c1-8-10-11-12-13-14-21(17-28(34)19-30)24(32)29(16-15-26(4,5)6)22(9-2)23(31)27-25(33)36-20(3)18-35-7/h19-22,34H,8-18H2,1-7H3,(H,27,31,33). The summed E-state index contributed by atoms with van der Waals surface area (Å²) >= 11 is 0. The summed E-state index contributed by atoms with van der Waals surface area (Å²) in [5, 5.41) is 12.6. The third-order valence-electron chi connectivity index (χ3n) is 5.92. The molecular weight excluding hydrogens is 466 g/mol. The zero-order chi connectivity index (χ0) is 27.7. The fourth-order valence-corrected chi connectivity index (χ4v) is 3.88. The van der Waals surface area contributed by atoms with E-state index in [2.05, 4.69) is 12.2 Å². The second kappa shape index (κ2) is 18.1. The normalized spacial score (nSPS) is 13.9. The van der Waals surface area contributed by atoms with Crippen LogP contribution in [-0.4, -0.2) is 78.4 Å². The molecule has 0 aliphatic heterocycles. The molecule has 2 N–H and O–H groups in total. The van der Waals surface area contributed by atoms with E-state index in [1.165, 1.54) is 12.0 Å². The van der Waals surface area contributed by atoms with E-state index in [-0.39, 0.29) is 37.3 Å². The van der Waals surface area contributed by atoms with E-state index in [0.717, 1.165) is 32.1 Å². The Morgan fingerprint density at radius 1 is 1.08 bits per heavy atom. The first-order chi connectivity index (χ1) is 16.9. The van der Waals surface area contributed by atoms with Crippen LogP contribution in [0.1, 0.15) is 92.9 Å². The third kappa shape index (κ3) is 14.4. The van der Waals surface area contributed by atoms with E-state index >= 15 is 0 Å². The maximum atomic E-state index is 13.7. The van der Waals surface area contributed by atoms with Gasteiger partial charge in [0, 0.05) is 13.7 Å². The van der Waals surface area contributed by atoms with Gasteiger partial charge in [0.25, 0.3) is 5.91 Å². The summed E-state index contributed by atoms with van der Waals surface area (Å²) in [5.41, 5.74) is -0.108. The van der Waals surface area contributed by atoms with Crippen LogP contribution in [0.2, 0.25) is 0 Å². The summed E-state index contributed by atoms with van der Waals surface area (Å²) in [6.45, 7) is 12.0. The van der Waals surface area contributed by atoms with Crippen molar-refractivity contribution in [2.24, 2.45) is 11.3 Å². The molecule has 3 atom stereocenters. The summed E-state index contributed by atoms with van der Waals surface area (Å²) in [4.78, 5) is 51.6. The molecular formula is C26H49N3O7. The van der Waals surface area contributed by atoms with Crippen molar-refractivity contribution in [2.75, 3.05) is 26.8 Å². The van der Waals surface area contributed by atoms with Crippen LogP contribution in [0.4, 0.5) is 4.79 Å². The van der Waals surface area contributed by atoms with Crippen molar-refractivity contribution < 1.29 is 33.9 Å². The highest BCUT2D eigenvalue weighted by Crippen LogP contribution is 2.23. The Hall–Kier alpha value is -2.20. The van der Waals surface area contributed by atoms with Crippen molar-refractivity contribution in [3.05, 3.63) is 0 Å². The summed E-state index contributed by atoms with van der Waals surface area (Å²) < 4.78 is 10.1. The molecule has 0 aliphatic rings. The fourth-order valence-electron chi connectivity index (χ4n) is 3.88. The zero-order valence-corrected chi connectivity index (χ0v) is 23.4. The first kappa shape index (κ1) is 33.8. The molecule has 0 spiro atoms. The number of ether oxygens (including phenoxy) is 2. The highest BCUT2D eigenvalue weighted by Gasteiger charge is 2.35. The molecule has 4 amide bonds. The van der Waals surface area contributed by atoms with Gasteiger partial charge in [0.2, 0.25) is 12.3 Å². The summed E-state index contributed by atoms with van der Waals surface area (Å²) in [5.74, 6) is -1.62. The van der Waals surface area contributed by atoms with E-state index in [1.807, 2.05) is 20.8 Å². The van der Waals surface area contributed by atoms with Crippen molar-refractivity contribution in [1.29, 1.82) is 0 Å². The highest BCUT2D eigenvalue weighted by atomic mass is 16.6. The predicted octanol–water partition coefficient (Wildman–Crippen LogP) is 4.14. The smallest absolute Gasteiger partial charge is 0.414 e. The molecule has 210 valence electrons. The molecule has 0 heterocycles. The Morgan fingerprint density at radius 3 is 2.25 bits per heavy atom. The Labute approximate surface area is 217 Å². The number of unbranched alkanes of at least 4 members (excludes halogenated alkanes) is 4. The van der Waals surface area contributed by atoms with Crippen LogP contribution >= 0.6 is 0 Å². The molecule has 10 heteroatoms. The van der Waals surface area contributed by atoms with Crippen LogP contribution in [-0.2, 0) is 23.9 Å². The number of imide groups is 1. The van der Waals surface area contributed by atoms with Gasteiger partial charge >= 0.3 is 6.09 Å². The van der Waals surface area contributed by atoms with Gasteiger partial charge in [-0.05, 0) is 31.6 Å². The minimum Gasteiger partial charge on any atom is -0.444 e. The Balaban J connectivity index is 5.74. The van der Waals surface area contributed by atoms with E-state index < -0.39 is 30.1 Å². The average Bonchev–Trinajstić information content (AvgIpc) is 2.79. The minimum absolute atomic E-state index is 0.108. The molecule has 0 fully saturated rings. The van der Waals surface area contributed by atoms with E-state index in [1.54, 1.807) is 13.8 Å². The molecule has 3 unspecified atom stereocenters. The number of methoxy groups -OCH3 is 1. The first-order valence-corrected chi connectivity index (χ1v) is 13.1. The van der Waals surface area contributed by atoms with Crippen LogP contribution in [0, 0.1) is 11.3 Å². The monoisotopic (exact) mass is 515 g/mol. The lowest BCUT2D eigenvalue weighted by Gasteiger charge is -2.35.